The highest BCUT2D eigenvalue weighted by Gasteiger charge is 2.27. The maximum atomic E-state index is 11.8. The van der Waals surface area contributed by atoms with Gasteiger partial charge in [-0.25, -0.2) is 0 Å². The van der Waals surface area contributed by atoms with E-state index in [0.29, 0.717) is 5.69 Å². The third-order valence-corrected chi connectivity index (χ3v) is 2.95. The van der Waals surface area contributed by atoms with Crippen LogP contribution in [0.15, 0.2) is 24.3 Å². The molecule has 0 aliphatic rings. The van der Waals surface area contributed by atoms with Crippen molar-refractivity contribution < 1.29 is 19.5 Å². The minimum Gasteiger partial charge on any atom is -0.481 e. The molecular weight excluding hydrogens is 272 g/mol. The molecule has 1 rings (SSSR count). The minimum atomic E-state index is -0.995. The summed E-state index contributed by atoms with van der Waals surface area (Å²) in [6.45, 7) is 4.60. The number of carbonyl (C=O) groups is 3. The van der Waals surface area contributed by atoms with Crippen LogP contribution < -0.4 is 10.6 Å². The van der Waals surface area contributed by atoms with E-state index in [-0.39, 0.29) is 24.8 Å². The number of hydrogen-bond donors (Lipinski definition) is 3. The predicted molar refractivity (Wildman–Crippen MR) is 78.9 cm³/mol. The van der Waals surface area contributed by atoms with Crippen LogP contribution in [0.1, 0.15) is 26.3 Å². The highest BCUT2D eigenvalue weighted by atomic mass is 16.4. The van der Waals surface area contributed by atoms with E-state index < -0.39 is 11.4 Å². The largest absolute Gasteiger partial charge is 0.481 e. The summed E-state index contributed by atoms with van der Waals surface area (Å²) in [4.78, 5) is 33.6. The molecule has 0 heterocycles. The fraction of sp³-hybridized carbons (Fsp3) is 0.400. The van der Waals surface area contributed by atoms with Crippen molar-refractivity contribution in [1.82, 2.24) is 5.32 Å². The normalized spacial score (nSPS) is 10.8. The van der Waals surface area contributed by atoms with Gasteiger partial charge in [-0.15, -0.1) is 0 Å². The van der Waals surface area contributed by atoms with Crippen molar-refractivity contribution in [2.24, 2.45) is 5.41 Å². The monoisotopic (exact) mass is 292 g/mol. The average molecular weight is 292 g/mol. The van der Waals surface area contributed by atoms with Gasteiger partial charge in [0.15, 0.2) is 0 Å². The maximum Gasteiger partial charge on any atom is 0.310 e. The van der Waals surface area contributed by atoms with Gasteiger partial charge in [0.2, 0.25) is 11.8 Å². The summed E-state index contributed by atoms with van der Waals surface area (Å²) in [6.07, 6.45) is 0.163. The van der Waals surface area contributed by atoms with Crippen LogP contribution in [0.2, 0.25) is 0 Å². The molecule has 0 aromatic heterocycles. The molecule has 0 radical (unpaired) electrons. The van der Waals surface area contributed by atoms with Crippen molar-refractivity contribution in [2.75, 3.05) is 11.9 Å². The number of carboxylic acid groups (broad SMARTS) is 1. The standard InChI is InChI=1S/C15H20N2O4/c1-10(18)17-12-6-4-11(5-7-12)8-13(19)16-9-15(2,3)14(20)21/h4-7H,8-9H2,1-3H3,(H,16,19)(H,17,18)(H,20,21). The second-order valence-corrected chi connectivity index (χ2v) is 5.52. The molecule has 0 unspecified atom stereocenters. The SMILES string of the molecule is CC(=O)Nc1ccc(CC(=O)NCC(C)(C)C(=O)O)cc1. The molecule has 6 heteroatoms. The molecule has 0 fully saturated rings. The lowest BCUT2D eigenvalue weighted by atomic mass is 9.94. The molecule has 1 aromatic rings. The van der Waals surface area contributed by atoms with E-state index in [9.17, 15) is 14.4 Å². The molecule has 114 valence electrons. The highest BCUT2D eigenvalue weighted by molar-refractivity contribution is 5.88. The van der Waals surface area contributed by atoms with E-state index in [1.54, 1.807) is 38.1 Å². The Bertz CT molecular complexity index is 535. The van der Waals surface area contributed by atoms with Gasteiger partial charge in [-0.1, -0.05) is 12.1 Å². The zero-order valence-corrected chi connectivity index (χ0v) is 12.4. The molecule has 0 aliphatic carbocycles. The van der Waals surface area contributed by atoms with E-state index in [0.717, 1.165) is 5.56 Å². The van der Waals surface area contributed by atoms with Crippen LogP contribution in [-0.4, -0.2) is 29.4 Å². The number of amides is 2. The Labute approximate surface area is 123 Å². The number of hydrogen-bond acceptors (Lipinski definition) is 3. The predicted octanol–water partition coefficient (Wildman–Crippen LogP) is 1.41. The molecule has 0 spiro atoms. The fourth-order valence-electron chi connectivity index (χ4n) is 1.55. The van der Waals surface area contributed by atoms with Gasteiger partial charge in [0.1, 0.15) is 0 Å². The first-order chi connectivity index (χ1) is 9.70. The Balaban J connectivity index is 2.52. The lowest BCUT2D eigenvalue weighted by molar-refractivity contribution is -0.146. The number of rotatable bonds is 6. The van der Waals surface area contributed by atoms with Gasteiger partial charge in [-0.3, -0.25) is 14.4 Å². The Morgan fingerprint density at radius 3 is 2.19 bits per heavy atom. The second kappa shape index (κ2) is 6.88. The molecule has 3 N–H and O–H groups in total. The van der Waals surface area contributed by atoms with E-state index >= 15 is 0 Å². The lowest BCUT2D eigenvalue weighted by Crippen LogP contribution is -2.39. The van der Waals surface area contributed by atoms with Gasteiger partial charge in [0.05, 0.1) is 11.8 Å². The molecule has 1 aromatic carbocycles. The summed E-state index contributed by atoms with van der Waals surface area (Å²) in [6, 6.07) is 6.91. The first-order valence-corrected chi connectivity index (χ1v) is 6.57. The van der Waals surface area contributed by atoms with Crippen LogP contribution >= 0.6 is 0 Å². The Morgan fingerprint density at radius 1 is 1.14 bits per heavy atom. The van der Waals surface area contributed by atoms with Crippen molar-refractivity contribution in [2.45, 2.75) is 27.2 Å². The molecule has 6 nitrogen and oxygen atoms in total. The van der Waals surface area contributed by atoms with Crippen LogP contribution in [0.25, 0.3) is 0 Å². The topological polar surface area (TPSA) is 95.5 Å². The molecule has 0 atom stereocenters. The molecular formula is C15H20N2O4. The summed E-state index contributed by atoms with van der Waals surface area (Å²) in [5.74, 6) is -1.35. The second-order valence-electron chi connectivity index (χ2n) is 5.52. The molecule has 2 amide bonds. The number of anilines is 1. The number of carbonyl (C=O) groups excluding carboxylic acids is 2. The number of nitrogens with one attached hydrogen (secondary N) is 2. The Hall–Kier alpha value is -2.37. The first kappa shape index (κ1) is 16.7. The van der Waals surface area contributed by atoms with Crippen molar-refractivity contribution in [3.63, 3.8) is 0 Å². The third kappa shape index (κ3) is 5.64. The third-order valence-electron chi connectivity index (χ3n) is 2.95. The highest BCUT2D eigenvalue weighted by Crippen LogP contribution is 2.13. The summed E-state index contributed by atoms with van der Waals surface area (Å²) in [5, 5.41) is 14.2. The zero-order chi connectivity index (χ0) is 16.0. The smallest absolute Gasteiger partial charge is 0.310 e. The quantitative estimate of drug-likeness (QED) is 0.738. The number of carboxylic acids is 1. The number of benzene rings is 1. The van der Waals surface area contributed by atoms with Crippen molar-refractivity contribution in [1.29, 1.82) is 0 Å². The van der Waals surface area contributed by atoms with Crippen LogP contribution in [-0.2, 0) is 20.8 Å². The van der Waals surface area contributed by atoms with Crippen LogP contribution in [0, 0.1) is 5.41 Å². The number of aliphatic carboxylic acids is 1. The summed E-state index contributed by atoms with van der Waals surface area (Å²) >= 11 is 0. The van der Waals surface area contributed by atoms with Gasteiger partial charge < -0.3 is 15.7 Å². The van der Waals surface area contributed by atoms with E-state index in [4.69, 9.17) is 5.11 Å². The van der Waals surface area contributed by atoms with Crippen molar-refractivity contribution in [3.8, 4) is 0 Å². The van der Waals surface area contributed by atoms with Crippen LogP contribution in [0.3, 0.4) is 0 Å². The van der Waals surface area contributed by atoms with Crippen molar-refractivity contribution in [3.05, 3.63) is 29.8 Å². The fourth-order valence-corrected chi connectivity index (χ4v) is 1.55. The molecule has 0 saturated carbocycles. The maximum absolute atomic E-state index is 11.8. The molecule has 0 aliphatic heterocycles. The molecule has 0 bridgehead atoms. The van der Waals surface area contributed by atoms with Crippen LogP contribution in [0.4, 0.5) is 5.69 Å². The van der Waals surface area contributed by atoms with Crippen molar-refractivity contribution >= 4 is 23.5 Å². The minimum absolute atomic E-state index is 0.0745. The van der Waals surface area contributed by atoms with Crippen LogP contribution in [0.5, 0.6) is 0 Å². The van der Waals surface area contributed by atoms with E-state index in [2.05, 4.69) is 10.6 Å². The molecule has 21 heavy (non-hydrogen) atoms. The molecule has 0 saturated heterocycles. The zero-order valence-electron chi connectivity index (χ0n) is 12.4. The average Bonchev–Trinajstić information content (AvgIpc) is 2.38. The first-order valence-electron chi connectivity index (χ1n) is 6.57. The van der Waals surface area contributed by atoms with E-state index in [1.807, 2.05) is 0 Å². The van der Waals surface area contributed by atoms with Gasteiger partial charge in [0.25, 0.3) is 0 Å². The van der Waals surface area contributed by atoms with Gasteiger partial charge in [-0.05, 0) is 31.5 Å². The van der Waals surface area contributed by atoms with Gasteiger partial charge in [0, 0.05) is 19.2 Å². The summed E-state index contributed by atoms with van der Waals surface area (Å²) in [7, 11) is 0. The Morgan fingerprint density at radius 2 is 1.71 bits per heavy atom. The summed E-state index contributed by atoms with van der Waals surface area (Å²) in [5.41, 5.74) is 0.457. The Kier molecular flexibility index (Phi) is 5.46. The van der Waals surface area contributed by atoms with E-state index in [1.165, 1.54) is 6.92 Å². The lowest BCUT2D eigenvalue weighted by Gasteiger charge is -2.19. The summed E-state index contributed by atoms with van der Waals surface area (Å²) < 4.78 is 0. The van der Waals surface area contributed by atoms with Gasteiger partial charge in [-0.2, -0.15) is 0 Å². The van der Waals surface area contributed by atoms with Gasteiger partial charge >= 0.3 is 5.97 Å².